The van der Waals surface area contributed by atoms with E-state index in [0.29, 0.717) is 25.6 Å². The number of nitrogens with zero attached hydrogens (tertiary/aromatic N) is 2. The number of hydrogen-bond acceptors (Lipinski definition) is 3. The highest BCUT2D eigenvalue weighted by Crippen LogP contribution is 2.33. The van der Waals surface area contributed by atoms with Gasteiger partial charge in [0.05, 0.1) is 6.61 Å². The average Bonchev–Trinajstić information content (AvgIpc) is 2.94. The van der Waals surface area contributed by atoms with Crippen LogP contribution >= 0.6 is 0 Å². The fraction of sp³-hybridized carbons (Fsp3) is 0.385. The first-order valence-corrected chi connectivity index (χ1v) is 6.00. The highest BCUT2D eigenvalue weighted by molar-refractivity contribution is 6.06. The summed E-state index contributed by atoms with van der Waals surface area (Å²) in [5, 5.41) is 0. The molecule has 1 aromatic rings. The van der Waals surface area contributed by atoms with E-state index in [9.17, 15) is 4.79 Å². The van der Waals surface area contributed by atoms with Gasteiger partial charge in [0.15, 0.2) is 0 Å². The van der Waals surface area contributed by atoms with Crippen molar-refractivity contribution < 1.29 is 9.53 Å². The number of urea groups is 1. The first kappa shape index (κ1) is 11.2. The number of benzene rings is 1. The lowest BCUT2D eigenvalue weighted by Gasteiger charge is -2.33. The van der Waals surface area contributed by atoms with Crippen molar-refractivity contribution in [3.05, 3.63) is 35.9 Å². The van der Waals surface area contributed by atoms with Crippen LogP contribution in [0.2, 0.25) is 0 Å². The molecule has 0 saturated carbocycles. The predicted molar refractivity (Wildman–Crippen MR) is 67.2 cm³/mol. The van der Waals surface area contributed by atoms with Crippen LogP contribution in [0.1, 0.15) is 12.0 Å². The van der Waals surface area contributed by atoms with Crippen molar-refractivity contribution in [2.75, 3.05) is 13.2 Å². The predicted octanol–water partition coefficient (Wildman–Crippen LogP) is 1.14. The summed E-state index contributed by atoms with van der Waals surface area (Å²) >= 11 is 0. The Labute approximate surface area is 105 Å². The second-order valence-electron chi connectivity index (χ2n) is 4.69. The molecule has 1 aromatic carbocycles. The molecule has 2 N–H and O–H groups in total. The summed E-state index contributed by atoms with van der Waals surface area (Å²) in [6, 6.07) is 9.59. The smallest absolute Gasteiger partial charge is 0.346 e. The van der Waals surface area contributed by atoms with Gasteiger partial charge in [0.25, 0.3) is 0 Å². The molecular formula is C13H15N3O2. The van der Waals surface area contributed by atoms with E-state index in [1.165, 1.54) is 0 Å². The molecule has 1 spiro atoms. The third-order valence-corrected chi connectivity index (χ3v) is 3.62. The molecule has 1 atom stereocenters. The molecule has 5 nitrogen and oxygen atoms in total. The number of carbonyl (C=O) groups is 1. The maximum atomic E-state index is 12.0. The molecule has 2 aliphatic rings. The Morgan fingerprint density at radius 2 is 2.17 bits per heavy atom. The quantitative estimate of drug-likeness (QED) is 0.849. The minimum absolute atomic E-state index is 0.262. The van der Waals surface area contributed by atoms with E-state index in [4.69, 9.17) is 10.5 Å². The number of hydrogen-bond donors (Lipinski definition) is 1. The lowest BCUT2D eigenvalue weighted by atomic mass is 9.95. The number of aliphatic imine (C=N–C) groups is 1. The molecule has 2 aliphatic heterocycles. The highest BCUT2D eigenvalue weighted by atomic mass is 16.5. The number of carbonyl (C=O) groups excluding carboxylic acids is 1. The first-order chi connectivity index (χ1) is 8.72. The molecule has 2 heterocycles. The van der Waals surface area contributed by atoms with Crippen LogP contribution in [0.5, 0.6) is 0 Å². The zero-order valence-corrected chi connectivity index (χ0v) is 10.0. The van der Waals surface area contributed by atoms with Gasteiger partial charge < -0.3 is 15.4 Å². The van der Waals surface area contributed by atoms with Gasteiger partial charge in [0.2, 0.25) is 0 Å². The molecule has 0 aliphatic carbocycles. The number of nitrogens with two attached hydrogens (primary N) is 1. The van der Waals surface area contributed by atoms with Gasteiger partial charge in [0, 0.05) is 19.6 Å². The Morgan fingerprint density at radius 3 is 2.83 bits per heavy atom. The molecule has 1 saturated heterocycles. The van der Waals surface area contributed by atoms with Crippen molar-refractivity contribution in [3.63, 3.8) is 0 Å². The summed E-state index contributed by atoms with van der Waals surface area (Å²) in [6.45, 7) is 1.59. The monoisotopic (exact) mass is 245 g/mol. The lowest BCUT2D eigenvalue weighted by molar-refractivity contribution is 0.132. The van der Waals surface area contributed by atoms with Crippen LogP contribution in [0, 0.1) is 0 Å². The van der Waals surface area contributed by atoms with Gasteiger partial charge >= 0.3 is 6.03 Å². The molecule has 94 valence electrons. The molecule has 18 heavy (non-hydrogen) atoms. The molecule has 3 rings (SSSR count). The van der Waals surface area contributed by atoms with Gasteiger partial charge in [-0.3, -0.25) is 0 Å². The van der Waals surface area contributed by atoms with E-state index in [0.717, 1.165) is 12.0 Å². The summed E-state index contributed by atoms with van der Waals surface area (Å²) in [5.74, 6) is 0.390. The molecule has 0 radical (unpaired) electrons. The van der Waals surface area contributed by atoms with Gasteiger partial charge in [-0.25, -0.2) is 4.79 Å². The fourth-order valence-electron chi connectivity index (χ4n) is 2.54. The van der Waals surface area contributed by atoms with Crippen LogP contribution in [0.25, 0.3) is 0 Å². The molecule has 5 heteroatoms. The van der Waals surface area contributed by atoms with E-state index in [2.05, 4.69) is 4.99 Å². The van der Waals surface area contributed by atoms with E-state index < -0.39 is 5.54 Å². The Balaban J connectivity index is 1.89. The summed E-state index contributed by atoms with van der Waals surface area (Å²) in [6.07, 6.45) is 0.723. The van der Waals surface area contributed by atoms with Gasteiger partial charge in [-0.05, 0) is 5.56 Å². The topological polar surface area (TPSA) is 67.9 Å². The first-order valence-electron chi connectivity index (χ1n) is 6.00. The fourth-order valence-corrected chi connectivity index (χ4v) is 2.54. The van der Waals surface area contributed by atoms with Crippen LogP contribution in [-0.2, 0) is 11.3 Å². The van der Waals surface area contributed by atoms with E-state index in [1.54, 1.807) is 4.90 Å². The number of rotatable bonds is 2. The molecular weight excluding hydrogens is 230 g/mol. The summed E-state index contributed by atoms with van der Waals surface area (Å²) < 4.78 is 5.41. The Kier molecular flexibility index (Phi) is 2.56. The third kappa shape index (κ3) is 1.59. The Hall–Kier alpha value is -1.88. The van der Waals surface area contributed by atoms with E-state index in [-0.39, 0.29) is 6.03 Å². The van der Waals surface area contributed by atoms with Crippen LogP contribution in [0.15, 0.2) is 35.3 Å². The Bertz CT molecular complexity index is 492. The van der Waals surface area contributed by atoms with Crippen LogP contribution in [0.3, 0.4) is 0 Å². The van der Waals surface area contributed by atoms with Gasteiger partial charge in [0.1, 0.15) is 11.4 Å². The average molecular weight is 245 g/mol. The van der Waals surface area contributed by atoms with Crippen molar-refractivity contribution in [1.82, 2.24) is 4.90 Å². The van der Waals surface area contributed by atoms with Crippen molar-refractivity contribution in [2.45, 2.75) is 18.5 Å². The van der Waals surface area contributed by atoms with Gasteiger partial charge in [-0.2, -0.15) is 4.99 Å². The van der Waals surface area contributed by atoms with Crippen molar-refractivity contribution in [2.24, 2.45) is 10.7 Å². The largest absolute Gasteiger partial charge is 0.385 e. The minimum Gasteiger partial charge on any atom is -0.385 e. The van der Waals surface area contributed by atoms with Crippen molar-refractivity contribution in [3.8, 4) is 0 Å². The number of amidine groups is 1. The highest BCUT2D eigenvalue weighted by Gasteiger charge is 2.50. The normalized spacial score (nSPS) is 27.0. The maximum absolute atomic E-state index is 12.0. The summed E-state index contributed by atoms with van der Waals surface area (Å²) in [5.41, 5.74) is 6.47. The second kappa shape index (κ2) is 4.10. The summed E-state index contributed by atoms with van der Waals surface area (Å²) in [4.78, 5) is 17.6. The van der Waals surface area contributed by atoms with Crippen molar-refractivity contribution >= 4 is 11.9 Å². The van der Waals surface area contributed by atoms with Crippen molar-refractivity contribution in [1.29, 1.82) is 0 Å². The zero-order chi connectivity index (χ0) is 12.6. The molecule has 2 amide bonds. The van der Waals surface area contributed by atoms with E-state index in [1.807, 2.05) is 30.3 Å². The second-order valence-corrected chi connectivity index (χ2v) is 4.69. The Morgan fingerprint density at radius 1 is 1.39 bits per heavy atom. The molecule has 0 aromatic heterocycles. The third-order valence-electron chi connectivity index (χ3n) is 3.62. The standard InChI is InChI=1S/C13H15N3O2/c14-11-13(6-7-18-9-13)16(12(17)15-11)8-10-4-2-1-3-5-10/h1-5H,6-9H2,(H2,14,15,17). The van der Waals surface area contributed by atoms with E-state index >= 15 is 0 Å². The van der Waals surface area contributed by atoms with Crippen LogP contribution < -0.4 is 5.73 Å². The molecule has 1 unspecified atom stereocenters. The number of amides is 2. The maximum Gasteiger partial charge on any atom is 0.346 e. The van der Waals surface area contributed by atoms with Crippen LogP contribution in [-0.4, -0.2) is 35.5 Å². The minimum atomic E-state index is -0.521. The van der Waals surface area contributed by atoms with Crippen LogP contribution in [0.4, 0.5) is 4.79 Å². The van der Waals surface area contributed by atoms with Gasteiger partial charge in [-0.1, -0.05) is 30.3 Å². The zero-order valence-electron chi connectivity index (χ0n) is 10.0. The SMILES string of the molecule is NC1=NC(=O)N(Cc2ccccc2)C12CCOC2. The lowest BCUT2D eigenvalue weighted by Crippen LogP contribution is -2.54. The summed E-state index contributed by atoms with van der Waals surface area (Å²) in [7, 11) is 0. The molecule has 1 fully saturated rings. The number of ether oxygens (including phenoxy) is 1. The molecule has 0 bridgehead atoms. The van der Waals surface area contributed by atoms with Gasteiger partial charge in [-0.15, -0.1) is 0 Å².